The lowest BCUT2D eigenvalue weighted by Crippen LogP contribution is -2.37. The Balaban J connectivity index is 2.16. The van der Waals surface area contributed by atoms with Gasteiger partial charge in [0.1, 0.15) is 5.82 Å². The minimum Gasteiger partial charge on any atom is -0.373 e. The van der Waals surface area contributed by atoms with Crippen molar-refractivity contribution in [3.05, 3.63) is 29.6 Å². The van der Waals surface area contributed by atoms with Gasteiger partial charge in [-0.1, -0.05) is 0 Å². The summed E-state index contributed by atoms with van der Waals surface area (Å²) in [5, 5.41) is 0. The first-order valence-electron chi connectivity index (χ1n) is 6.95. The lowest BCUT2D eigenvalue weighted by Gasteiger charge is -2.29. The highest BCUT2D eigenvalue weighted by Gasteiger charge is 2.23. The summed E-state index contributed by atoms with van der Waals surface area (Å²) in [6.45, 7) is 4.03. The van der Waals surface area contributed by atoms with Crippen LogP contribution in [0.5, 0.6) is 0 Å². The summed E-state index contributed by atoms with van der Waals surface area (Å²) in [7, 11) is 4.23. The maximum absolute atomic E-state index is 13.4. The summed E-state index contributed by atoms with van der Waals surface area (Å²) < 4.78 is 13.4. The second kappa shape index (κ2) is 5.88. The van der Waals surface area contributed by atoms with Crippen molar-refractivity contribution in [3.8, 4) is 0 Å². The van der Waals surface area contributed by atoms with Gasteiger partial charge < -0.3 is 15.5 Å². The van der Waals surface area contributed by atoms with E-state index >= 15 is 0 Å². The molecule has 0 aliphatic carbocycles. The molecule has 1 fully saturated rings. The number of rotatable bonds is 4. The molecule has 1 aliphatic heterocycles. The molecule has 0 radical (unpaired) electrons. The Morgan fingerprint density at radius 3 is 2.84 bits per heavy atom. The predicted octanol–water partition coefficient (Wildman–Crippen LogP) is 2.38. The van der Waals surface area contributed by atoms with Gasteiger partial charge in [0.05, 0.1) is 0 Å². The number of likely N-dealkylation sites (tertiary alicyclic amines) is 1. The van der Waals surface area contributed by atoms with Gasteiger partial charge in [0.2, 0.25) is 0 Å². The SMILES string of the molecule is CC(N)c1cc(F)ccc1N(C)CC1CCCN1C. The highest BCUT2D eigenvalue weighted by Crippen LogP contribution is 2.27. The van der Waals surface area contributed by atoms with Crippen LogP contribution in [0.3, 0.4) is 0 Å². The van der Waals surface area contributed by atoms with Crippen LogP contribution in [0, 0.1) is 5.82 Å². The Morgan fingerprint density at radius 2 is 2.26 bits per heavy atom. The summed E-state index contributed by atoms with van der Waals surface area (Å²) in [6, 6.07) is 5.32. The molecule has 106 valence electrons. The van der Waals surface area contributed by atoms with Crippen molar-refractivity contribution in [2.45, 2.75) is 31.8 Å². The van der Waals surface area contributed by atoms with Crippen LogP contribution in [0.25, 0.3) is 0 Å². The molecule has 4 heteroatoms. The van der Waals surface area contributed by atoms with Gasteiger partial charge in [0, 0.05) is 31.4 Å². The smallest absolute Gasteiger partial charge is 0.123 e. The first kappa shape index (κ1) is 14.3. The number of benzene rings is 1. The molecule has 2 rings (SSSR count). The van der Waals surface area contributed by atoms with Crippen LogP contribution >= 0.6 is 0 Å². The molecule has 1 aromatic carbocycles. The largest absolute Gasteiger partial charge is 0.373 e. The van der Waals surface area contributed by atoms with Crippen molar-refractivity contribution >= 4 is 5.69 Å². The highest BCUT2D eigenvalue weighted by molar-refractivity contribution is 5.54. The van der Waals surface area contributed by atoms with E-state index in [1.807, 2.05) is 13.0 Å². The monoisotopic (exact) mass is 265 g/mol. The van der Waals surface area contributed by atoms with Gasteiger partial charge in [0.25, 0.3) is 0 Å². The van der Waals surface area contributed by atoms with Crippen molar-refractivity contribution in [2.75, 3.05) is 32.1 Å². The first-order chi connectivity index (χ1) is 8.99. The van der Waals surface area contributed by atoms with E-state index in [1.165, 1.54) is 25.5 Å². The van der Waals surface area contributed by atoms with Crippen LogP contribution in [0.15, 0.2) is 18.2 Å². The zero-order valence-corrected chi connectivity index (χ0v) is 12.1. The normalized spacial score (nSPS) is 21.6. The molecule has 3 nitrogen and oxygen atoms in total. The molecule has 0 bridgehead atoms. The molecule has 0 amide bonds. The molecule has 2 N–H and O–H groups in total. The van der Waals surface area contributed by atoms with Gasteiger partial charge in [-0.15, -0.1) is 0 Å². The third kappa shape index (κ3) is 3.25. The number of anilines is 1. The second-order valence-corrected chi connectivity index (χ2v) is 5.65. The highest BCUT2D eigenvalue weighted by atomic mass is 19.1. The Kier molecular flexibility index (Phi) is 4.42. The van der Waals surface area contributed by atoms with Crippen LogP contribution in [0.4, 0.5) is 10.1 Å². The summed E-state index contributed by atoms with van der Waals surface area (Å²) in [6.07, 6.45) is 2.49. The summed E-state index contributed by atoms with van der Waals surface area (Å²) in [5.41, 5.74) is 7.87. The van der Waals surface area contributed by atoms with E-state index < -0.39 is 0 Å². The molecule has 19 heavy (non-hydrogen) atoms. The predicted molar refractivity (Wildman–Crippen MR) is 77.9 cm³/mol. The molecule has 2 atom stereocenters. The molecule has 1 saturated heterocycles. The van der Waals surface area contributed by atoms with Gasteiger partial charge in [0.15, 0.2) is 0 Å². The minimum atomic E-state index is -0.220. The number of nitrogens with zero attached hydrogens (tertiary/aromatic N) is 2. The van der Waals surface area contributed by atoms with Crippen molar-refractivity contribution in [3.63, 3.8) is 0 Å². The van der Waals surface area contributed by atoms with Crippen molar-refractivity contribution in [1.82, 2.24) is 4.90 Å². The van der Waals surface area contributed by atoms with E-state index in [1.54, 1.807) is 6.07 Å². The molecule has 0 saturated carbocycles. The van der Waals surface area contributed by atoms with Crippen LogP contribution in [0.1, 0.15) is 31.4 Å². The fourth-order valence-electron chi connectivity index (χ4n) is 2.86. The lowest BCUT2D eigenvalue weighted by molar-refractivity contribution is 0.314. The summed E-state index contributed by atoms with van der Waals surface area (Å²) in [4.78, 5) is 4.59. The Morgan fingerprint density at radius 1 is 1.53 bits per heavy atom. The van der Waals surface area contributed by atoms with Gasteiger partial charge >= 0.3 is 0 Å². The zero-order valence-electron chi connectivity index (χ0n) is 12.1. The Labute approximate surface area is 115 Å². The van der Waals surface area contributed by atoms with Crippen molar-refractivity contribution < 1.29 is 4.39 Å². The Bertz CT molecular complexity index is 433. The standard InChI is InChI=1S/C15H24FN3/c1-11(17)14-9-12(16)6-7-15(14)19(3)10-13-5-4-8-18(13)2/h6-7,9,11,13H,4-5,8,10,17H2,1-3H3. The topological polar surface area (TPSA) is 32.5 Å². The fraction of sp³-hybridized carbons (Fsp3) is 0.600. The fourth-order valence-corrected chi connectivity index (χ4v) is 2.86. The van der Waals surface area contributed by atoms with Crippen molar-refractivity contribution in [1.29, 1.82) is 0 Å². The number of halogens is 1. The van der Waals surface area contributed by atoms with E-state index in [-0.39, 0.29) is 11.9 Å². The number of hydrogen-bond donors (Lipinski definition) is 1. The molecule has 0 aromatic heterocycles. The number of hydrogen-bond acceptors (Lipinski definition) is 3. The molecule has 0 spiro atoms. The van der Waals surface area contributed by atoms with Crippen LogP contribution < -0.4 is 10.6 Å². The van der Waals surface area contributed by atoms with Crippen LogP contribution in [0.2, 0.25) is 0 Å². The molecule has 1 aliphatic rings. The maximum Gasteiger partial charge on any atom is 0.123 e. The average Bonchev–Trinajstić information content (AvgIpc) is 2.74. The Hall–Kier alpha value is -1.13. The summed E-state index contributed by atoms with van der Waals surface area (Å²) >= 11 is 0. The van der Waals surface area contributed by atoms with Crippen LogP contribution in [-0.4, -0.2) is 38.1 Å². The molecule has 1 heterocycles. The van der Waals surface area contributed by atoms with Crippen molar-refractivity contribution in [2.24, 2.45) is 5.73 Å². The van der Waals surface area contributed by atoms with Crippen LogP contribution in [-0.2, 0) is 0 Å². The van der Waals surface area contributed by atoms with E-state index in [0.717, 1.165) is 17.8 Å². The van der Waals surface area contributed by atoms with Gasteiger partial charge in [-0.05, 0) is 57.1 Å². The lowest BCUT2D eigenvalue weighted by atomic mass is 10.1. The first-order valence-corrected chi connectivity index (χ1v) is 6.95. The quantitative estimate of drug-likeness (QED) is 0.907. The molecule has 2 unspecified atom stereocenters. The van der Waals surface area contributed by atoms with E-state index in [2.05, 4.69) is 23.9 Å². The van der Waals surface area contributed by atoms with Gasteiger partial charge in [-0.25, -0.2) is 4.39 Å². The van der Waals surface area contributed by atoms with E-state index in [9.17, 15) is 4.39 Å². The molecule has 1 aromatic rings. The van der Waals surface area contributed by atoms with Gasteiger partial charge in [-0.3, -0.25) is 0 Å². The number of nitrogens with two attached hydrogens (primary N) is 1. The minimum absolute atomic E-state index is 0.158. The average molecular weight is 265 g/mol. The second-order valence-electron chi connectivity index (χ2n) is 5.65. The number of likely N-dealkylation sites (N-methyl/N-ethyl adjacent to an activating group) is 2. The summed E-state index contributed by atoms with van der Waals surface area (Å²) in [5.74, 6) is -0.220. The third-order valence-electron chi connectivity index (χ3n) is 4.05. The molecular formula is C15H24FN3. The maximum atomic E-state index is 13.4. The van der Waals surface area contributed by atoms with Gasteiger partial charge in [-0.2, -0.15) is 0 Å². The molecular weight excluding hydrogens is 241 g/mol. The zero-order chi connectivity index (χ0) is 14.0. The third-order valence-corrected chi connectivity index (χ3v) is 4.05. The van der Waals surface area contributed by atoms with E-state index in [0.29, 0.717) is 6.04 Å². The van der Waals surface area contributed by atoms with E-state index in [4.69, 9.17) is 5.73 Å².